The molecule has 0 spiro atoms. The molecular weight excluding hydrogens is 281 g/mol. The van der Waals surface area contributed by atoms with E-state index in [1.54, 1.807) is 9.80 Å². The molecule has 1 aliphatic heterocycles. The van der Waals surface area contributed by atoms with Gasteiger partial charge in [-0.25, -0.2) is 4.79 Å². The number of urea groups is 1. The molecule has 1 aliphatic rings. The minimum Gasteiger partial charge on any atom is -0.425 e. The zero-order valence-corrected chi connectivity index (χ0v) is 12.3. The summed E-state index contributed by atoms with van der Waals surface area (Å²) < 4.78 is 38.0. The van der Waals surface area contributed by atoms with Gasteiger partial charge in [0.2, 0.25) is 0 Å². The van der Waals surface area contributed by atoms with Crippen LogP contribution in [0.2, 0.25) is 0 Å². The van der Waals surface area contributed by atoms with Crippen molar-refractivity contribution in [3.63, 3.8) is 0 Å². The summed E-state index contributed by atoms with van der Waals surface area (Å²) >= 11 is 0. The van der Waals surface area contributed by atoms with Crippen molar-refractivity contribution in [2.24, 2.45) is 0 Å². The second-order valence-electron chi connectivity index (χ2n) is 2.64. The smallest absolute Gasteiger partial charge is 0.425 e. The molecule has 0 saturated carbocycles. The average Bonchev–Trinajstić information content (AvgIpc) is 2.17. The predicted molar refractivity (Wildman–Crippen MR) is 48.3 cm³/mol. The number of carbonyl (C=O) groups is 1. The summed E-state index contributed by atoms with van der Waals surface area (Å²) in [5, 5.41) is 0. The van der Waals surface area contributed by atoms with E-state index in [4.69, 9.17) is 0 Å². The van der Waals surface area contributed by atoms with Crippen molar-refractivity contribution in [2.75, 3.05) is 27.2 Å². The Balaban J connectivity index is -0.000000207. The van der Waals surface area contributed by atoms with Crippen LogP contribution >= 0.6 is 0 Å². The molecule has 0 bridgehead atoms. The van der Waals surface area contributed by atoms with Gasteiger partial charge in [-0.3, -0.25) is 0 Å². The molecule has 0 unspecified atom stereocenters. The van der Waals surface area contributed by atoms with Crippen LogP contribution in [0.25, 0.3) is 0 Å². The van der Waals surface area contributed by atoms with Gasteiger partial charge in [0.25, 0.3) is 0 Å². The molecule has 92 valence electrons. The molecule has 0 atom stereocenters. The van der Waals surface area contributed by atoms with Crippen molar-refractivity contribution < 1.29 is 41.8 Å². The number of carbonyl (C=O) groups excluding carboxylic acids is 1. The molecule has 0 N–H and O–H groups in total. The second kappa shape index (κ2) is 14.6. The summed E-state index contributed by atoms with van der Waals surface area (Å²) in [6.45, 7) is -0.188. The van der Waals surface area contributed by atoms with Crippen molar-refractivity contribution >= 4 is 6.03 Å². The standard InChI is InChI=1S/C6H12N2O.2CHF2.Zn/c1-7-4-3-5-8(2)6(7)9;2*2-1-3;/h3-5H2,1-2H3;2*1H;/q;2*-1;+2. The van der Waals surface area contributed by atoms with Crippen LogP contribution in [0.5, 0.6) is 0 Å². The topological polar surface area (TPSA) is 23.6 Å². The van der Waals surface area contributed by atoms with Gasteiger partial charge in [-0.05, 0) is 20.3 Å². The molecule has 2 amide bonds. The molecule has 8 heteroatoms. The van der Waals surface area contributed by atoms with Crippen molar-refractivity contribution in [3.8, 4) is 0 Å². The van der Waals surface area contributed by atoms with Gasteiger partial charge in [0, 0.05) is 27.2 Å². The Kier molecular flexibility index (Phi) is 19.1. The average molecular weight is 296 g/mol. The van der Waals surface area contributed by atoms with Crippen LogP contribution in [0.3, 0.4) is 0 Å². The fourth-order valence-electron chi connectivity index (χ4n) is 1.03. The molecule has 1 fully saturated rings. The van der Waals surface area contributed by atoms with E-state index in [2.05, 4.69) is 0 Å². The van der Waals surface area contributed by atoms with Crippen LogP contribution in [0, 0.1) is 13.9 Å². The van der Waals surface area contributed by atoms with E-state index < -0.39 is 13.9 Å². The fraction of sp³-hybridized carbons (Fsp3) is 0.625. The van der Waals surface area contributed by atoms with Crippen LogP contribution in [0.1, 0.15) is 6.42 Å². The van der Waals surface area contributed by atoms with Crippen LogP contribution in [-0.2, 0) is 19.5 Å². The third kappa shape index (κ3) is 11.7. The summed E-state index contributed by atoms with van der Waals surface area (Å²) in [5.41, 5.74) is 0. The first-order chi connectivity index (χ1) is 7.04. The Morgan fingerprint density at radius 3 is 1.44 bits per heavy atom. The Labute approximate surface area is 106 Å². The maximum absolute atomic E-state index is 11.0. The van der Waals surface area contributed by atoms with Crippen molar-refractivity contribution in [3.05, 3.63) is 13.9 Å². The third-order valence-electron chi connectivity index (χ3n) is 1.64. The van der Waals surface area contributed by atoms with Crippen LogP contribution in [0.4, 0.5) is 22.4 Å². The zero-order chi connectivity index (χ0) is 12.3. The van der Waals surface area contributed by atoms with Gasteiger partial charge in [-0.1, -0.05) is 0 Å². The summed E-state index contributed by atoms with van der Waals surface area (Å²) in [4.78, 5) is 14.5. The van der Waals surface area contributed by atoms with Gasteiger partial charge in [0.15, 0.2) is 0 Å². The molecule has 1 heterocycles. The van der Waals surface area contributed by atoms with E-state index in [1.807, 2.05) is 14.1 Å². The normalized spacial score (nSPS) is 14.0. The molecule has 16 heavy (non-hydrogen) atoms. The predicted octanol–water partition coefficient (Wildman–Crippen LogP) is 2.46. The number of hydrogen-bond acceptors (Lipinski definition) is 1. The minimum absolute atomic E-state index is 0. The van der Waals surface area contributed by atoms with E-state index in [-0.39, 0.29) is 25.5 Å². The SMILES string of the molecule is CN1CCCN(C)C1=O.F[CH-]F.F[CH-]F.[Zn+2]. The summed E-state index contributed by atoms with van der Waals surface area (Å²) in [7, 11) is 3.66. The summed E-state index contributed by atoms with van der Waals surface area (Å²) in [5.74, 6) is 0. The number of amides is 2. The van der Waals surface area contributed by atoms with E-state index in [0.29, 0.717) is 0 Å². The Morgan fingerprint density at radius 2 is 1.25 bits per heavy atom. The van der Waals surface area contributed by atoms with E-state index in [1.165, 1.54) is 0 Å². The molecule has 0 aromatic rings. The first kappa shape index (κ1) is 21.0. The maximum Gasteiger partial charge on any atom is 2.00 e. The number of nitrogens with zero attached hydrogens (tertiary/aromatic N) is 2. The molecule has 0 aromatic carbocycles. The fourth-order valence-corrected chi connectivity index (χ4v) is 1.03. The van der Waals surface area contributed by atoms with Gasteiger partial charge >= 0.3 is 25.5 Å². The van der Waals surface area contributed by atoms with Crippen molar-refractivity contribution in [1.82, 2.24) is 9.80 Å². The van der Waals surface area contributed by atoms with Gasteiger partial charge in [0.05, 0.1) is 0 Å². The van der Waals surface area contributed by atoms with E-state index >= 15 is 0 Å². The minimum atomic E-state index is -1.00. The molecule has 1 rings (SSSR count). The number of hydrogen-bond donors (Lipinski definition) is 0. The third-order valence-corrected chi connectivity index (χ3v) is 1.64. The van der Waals surface area contributed by atoms with Crippen LogP contribution in [-0.4, -0.2) is 43.0 Å². The van der Waals surface area contributed by atoms with Gasteiger partial charge in [-0.2, -0.15) is 0 Å². The molecule has 3 nitrogen and oxygen atoms in total. The quantitative estimate of drug-likeness (QED) is 0.382. The monoisotopic (exact) mass is 294 g/mol. The second-order valence-corrected chi connectivity index (χ2v) is 2.64. The zero-order valence-electron chi connectivity index (χ0n) is 9.30. The Hall–Kier alpha value is -0.387. The van der Waals surface area contributed by atoms with Gasteiger partial charge < -0.3 is 27.4 Å². The van der Waals surface area contributed by atoms with Gasteiger partial charge in [-0.15, -0.1) is 0 Å². The van der Waals surface area contributed by atoms with Crippen molar-refractivity contribution in [1.29, 1.82) is 0 Å². The first-order valence-corrected chi connectivity index (χ1v) is 4.05. The largest absolute Gasteiger partial charge is 2.00 e. The van der Waals surface area contributed by atoms with E-state index in [0.717, 1.165) is 19.5 Å². The molecule has 0 aromatic heterocycles. The van der Waals surface area contributed by atoms with Gasteiger partial charge in [0.1, 0.15) is 0 Å². The van der Waals surface area contributed by atoms with E-state index in [9.17, 15) is 22.4 Å². The first-order valence-electron chi connectivity index (χ1n) is 4.05. The number of halogens is 4. The Bertz CT molecular complexity index is 151. The van der Waals surface area contributed by atoms with Crippen LogP contribution in [0.15, 0.2) is 0 Å². The van der Waals surface area contributed by atoms with Crippen LogP contribution < -0.4 is 0 Å². The Morgan fingerprint density at radius 1 is 1.00 bits per heavy atom. The molecule has 1 saturated heterocycles. The molecular formula is C8H14F4N2OZn. The maximum atomic E-state index is 11.0. The summed E-state index contributed by atoms with van der Waals surface area (Å²) in [6, 6.07) is 0.140. The number of rotatable bonds is 0. The molecule has 0 radical (unpaired) electrons. The molecule has 0 aliphatic carbocycles. The van der Waals surface area contributed by atoms with Crippen molar-refractivity contribution in [2.45, 2.75) is 6.42 Å². The summed E-state index contributed by atoms with van der Waals surface area (Å²) in [6.07, 6.45) is 1.10.